The van der Waals surface area contributed by atoms with E-state index in [4.69, 9.17) is 11.6 Å². The number of carbonyl (C=O) groups is 1. The average molecular weight is 432 g/mol. The molecule has 2 aliphatic rings. The molecule has 1 aromatic carbocycles. The van der Waals surface area contributed by atoms with Gasteiger partial charge in [0.05, 0.1) is 5.41 Å². The summed E-state index contributed by atoms with van der Waals surface area (Å²) >= 11 is 6.07. The number of halogens is 1. The molecule has 2 fully saturated rings. The van der Waals surface area contributed by atoms with Crippen molar-refractivity contribution in [2.45, 2.75) is 70.3 Å². The SMILES string of the molecule is C=C(CN1CCC(CNC(=O)C2(c3ccc(Cl)cc3)CCCC2)CC1)NC(C)(C)C. The van der Waals surface area contributed by atoms with Gasteiger partial charge in [-0.25, -0.2) is 0 Å². The molecule has 5 heteroatoms. The van der Waals surface area contributed by atoms with Crippen molar-refractivity contribution in [3.8, 4) is 0 Å². The van der Waals surface area contributed by atoms with Gasteiger partial charge in [0.15, 0.2) is 0 Å². The first-order valence-corrected chi connectivity index (χ1v) is 11.8. The van der Waals surface area contributed by atoms with Crippen molar-refractivity contribution in [1.29, 1.82) is 0 Å². The van der Waals surface area contributed by atoms with E-state index in [-0.39, 0.29) is 16.9 Å². The van der Waals surface area contributed by atoms with Crippen LogP contribution in [0.15, 0.2) is 36.5 Å². The molecule has 3 rings (SSSR count). The van der Waals surface area contributed by atoms with Crippen LogP contribution in [0.5, 0.6) is 0 Å². The Morgan fingerprint density at radius 2 is 1.77 bits per heavy atom. The normalized spacial score (nSPS) is 20.1. The molecule has 1 aliphatic carbocycles. The lowest BCUT2D eigenvalue weighted by Crippen LogP contribution is -2.46. The summed E-state index contributed by atoms with van der Waals surface area (Å²) in [6.45, 7) is 14.5. The quantitative estimate of drug-likeness (QED) is 0.646. The van der Waals surface area contributed by atoms with Gasteiger partial charge in [-0.05, 0) is 83.2 Å². The Balaban J connectivity index is 1.48. The first kappa shape index (κ1) is 23.1. The van der Waals surface area contributed by atoms with Crippen LogP contribution < -0.4 is 10.6 Å². The lowest BCUT2D eigenvalue weighted by molar-refractivity contribution is -0.126. The van der Waals surface area contributed by atoms with E-state index in [9.17, 15) is 4.79 Å². The largest absolute Gasteiger partial charge is 0.383 e. The third-order valence-corrected chi connectivity index (χ3v) is 6.77. The second kappa shape index (κ2) is 9.74. The number of nitrogens with zero attached hydrogens (tertiary/aromatic N) is 1. The Bertz CT molecular complexity index is 724. The standard InChI is InChI=1S/C25H38ClN3O/c1-19(28-24(2,3)4)18-29-15-11-20(12-16-29)17-27-23(30)25(13-5-6-14-25)21-7-9-22(26)10-8-21/h7-10,20,28H,1,5-6,11-18H2,2-4H3,(H,27,30). The van der Waals surface area contributed by atoms with Gasteiger partial charge in [0, 0.05) is 29.3 Å². The molecule has 0 aromatic heterocycles. The lowest BCUT2D eigenvalue weighted by atomic mass is 9.78. The average Bonchev–Trinajstić information content (AvgIpc) is 3.17. The molecular weight excluding hydrogens is 394 g/mol. The zero-order valence-corrected chi connectivity index (χ0v) is 19.7. The van der Waals surface area contributed by atoms with E-state index in [0.717, 1.165) is 81.0 Å². The number of hydrogen-bond acceptors (Lipinski definition) is 3. The molecule has 0 bridgehead atoms. The highest BCUT2D eigenvalue weighted by molar-refractivity contribution is 6.30. The predicted molar refractivity (Wildman–Crippen MR) is 126 cm³/mol. The van der Waals surface area contributed by atoms with Crippen LogP contribution in [0.2, 0.25) is 5.02 Å². The maximum Gasteiger partial charge on any atom is 0.230 e. The summed E-state index contributed by atoms with van der Waals surface area (Å²) in [5, 5.41) is 7.51. The van der Waals surface area contributed by atoms with Crippen LogP contribution in [0.3, 0.4) is 0 Å². The van der Waals surface area contributed by atoms with Gasteiger partial charge in [-0.15, -0.1) is 0 Å². The summed E-state index contributed by atoms with van der Waals surface area (Å²) in [7, 11) is 0. The number of nitrogens with one attached hydrogen (secondary N) is 2. The topological polar surface area (TPSA) is 44.4 Å². The summed E-state index contributed by atoms with van der Waals surface area (Å²) in [5.41, 5.74) is 1.88. The zero-order valence-electron chi connectivity index (χ0n) is 18.9. The number of piperidine rings is 1. The van der Waals surface area contributed by atoms with Gasteiger partial charge in [0.25, 0.3) is 0 Å². The minimum Gasteiger partial charge on any atom is -0.383 e. The maximum atomic E-state index is 13.3. The lowest BCUT2D eigenvalue weighted by Gasteiger charge is -2.35. The van der Waals surface area contributed by atoms with Crippen LogP contribution in [0.1, 0.15) is 64.9 Å². The molecule has 1 aliphatic heterocycles. The van der Waals surface area contributed by atoms with Gasteiger partial charge in [-0.2, -0.15) is 0 Å². The number of amides is 1. The van der Waals surface area contributed by atoms with E-state index < -0.39 is 0 Å². The smallest absolute Gasteiger partial charge is 0.230 e. The Hall–Kier alpha value is -1.52. The first-order valence-electron chi connectivity index (χ1n) is 11.4. The molecule has 1 amide bonds. The van der Waals surface area contributed by atoms with Crippen LogP contribution in [0.4, 0.5) is 0 Å². The molecule has 1 saturated heterocycles. The molecule has 4 nitrogen and oxygen atoms in total. The van der Waals surface area contributed by atoms with Crippen molar-refractivity contribution in [1.82, 2.24) is 15.5 Å². The molecule has 1 heterocycles. The molecular formula is C25H38ClN3O. The minimum atomic E-state index is -0.373. The van der Waals surface area contributed by atoms with Crippen molar-refractivity contribution in [3.05, 3.63) is 47.1 Å². The van der Waals surface area contributed by atoms with E-state index in [2.05, 4.69) is 42.9 Å². The molecule has 1 aromatic rings. The van der Waals surface area contributed by atoms with Crippen molar-refractivity contribution in [2.24, 2.45) is 5.92 Å². The Kier molecular flexibility index (Phi) is 7.52. The minimum absolute atomic E-state index is 0.0555. The number of likely N-dealkylation sites (tertiary alicyclic amines) is 1. The summed E-state index contributed by atoms with van der Waals surface area (Å²) in [6, 6.07) is 7.87. The van der Waals surface area contributed by atoms with E-state index in [1.54, 1.807) is 0 Å². The zero-order chi connectivity index (χ0) is 21.8. The number of hydrogen-bond donors (Lipinski definition) is 2. The van der Waals surface area contributed by atoms with Crippen LogP contribution in [-0.4, -0.2) is 42.5 Å². The molecule has 0 atom stereocenters. The fourth-order valence-corrected chi connectivity index (χ4v) is 5.11. The van der Waals surface area contributed by atoms with Gasteiger partial charge < -0.3 is 10.6 Å². The molecule has 0 unspecified atom stereocenters. The highest BCUT2D eigenvalue weighted by atomic mass is 35.5. The number of carbonyl (C=O) groups excluding carboxylic acids is 1. The second-order valence-corrected chi connectivity index (χ2v) is 10.6. The van der Waals surface area contributed by atoms with Gasteiger partial charge in [0.2, 0.25) is 5.91 Å². The Morgan fingerprint density at radius 1 is 1.17 bits per heavy atom. The third-order valence-electron chi connectivity index (χ3n) is 6.51. The van der Waals surface area contributed by atoms with Crippen molar-refractivity contribution in [3.63, 3.8) is 0 Å². The van der Waals surface area contributed by atoms with Crippen LogP contribution >= 0.6 is 11.6 Å². The molecule has 0 spiro atoms. The van der Waals surface area contributed by atoms with Crippen LogP contribution in [-0.2, 0) is 10.2 Å². The van der Waals surface area contributed by atoms with E-state index in [0.29, 0.717) is 5.92 Å². The third kappa shape index (κ3) is 6.01. The van der Waals surface area contributed by atoms with E-state index in [1.165, 1.54) is 0 Å². The van der Waals surface area contributed by atoms with Gasteiger partial charge in [-0.3, -0.25) is 9.69 Å². The highest BCUT2D eigenvalue weighted by Crippen LogP contribution is 2.41. The highest BCUT2D eigenvalue weighted by Gasteiger charge is 2.42. The van der Waals surface area contributed by atoms with Crippen LogP contribution in [0, 0.1) is 5.92 Å². The number of benzene rings is 1. The molecule has 166 valence electrons. The predicted octanol–water partition coefficient (Wildman–Crippen LogP) is 4.88. The van der Waals surface area contributed by atoms with E-state index >= 15 is 0 Å². The second-order valence-electron chi connectivity index (χ2n) is 10.2. The van der Waals surface area contributed by atoms with Gasteiger partial charge in [0.1, 0.15) is 0 Å². The maximum absolute atomic E-state index is 13.3. The van der Waals surface area contributed by atoms with E-state index in [1.807, 2.05) is 24.3 Å². The molecule has 30 heavy (non-hydrogen) atoms. The van der Waals surface area contributed by atoms with Crippen molar-refractivity contribution >= 4 is 17.5 Å². The first-order chi connectivity index (χ1) is 14.2. The summed E-state index contributed by atoms with van der Waals surface area (Å²) < 4.78 is 0. The molecule has 0 radical (unpaired) electrons. The summed E-state index contributed by atoms with van der Waals surface area (Å²) in [6.07, 6.45) is 6.33. The molecule has 2 N–H and O–H groups in total. The Morgan fingerprint density at radius 3 is 2.33 bits per heavy atom. The Labute approximate surface area is 187 Å². The van der Waals surface area contributed by atoms with Crippen LogP contribution in [0.25, 0.3) is 0 Å². The van der Waals surface area contributed by atoms with Crippen molar-refractivity contribution < 1.29 is 4.79 Å². The van der Waals surface area contributed by atoms with Crippen molar-refractivity contribution in [2.75, 3.05) is 26.2 Å². The fourth-order valence-electron chi connectivity index (χ4n) is 4.99. The number of rotatable bonds is 7. The summed E-state index contributed by atoms with van der Waals surface area (Å²) in [5.74, 6) is 0.755. The monoisotopic (exact) mass is 431 g/mol. The summed E-state index contributed by atoms with van der Waals surface area (Å²) in [4.78, 5) is 15.7. The fraction of sp³-hybridized carbons (Fsp3) is 0.640. The molecule has 1 saturated carbocycles. The van der Waals surface area contributed by atoms with Gasteiger partial charge >= 0.3 is 0 Å². The van der Waals surface area contributed by atoms with Gasteiger partial charge in [-0.1, -0.05) is 43.2 Å².